The lowest BCUT2D eigenvalue weighted by Gasteiger charge is -2.21. The van der Waals surface area contributed by atoms with Gasteiger partial charge >= 0.3 is 0 Å². The summed E-state index contributed by atoms with van der Waals surface area (Å²) < 4.78 is 8.67. The Morgan fingerprint density at radius 2 is 0.462 bits per heavy atom. The number of aromatic nitrogens is 1. The maximum absolute atomic E-state index is 6.22. The first-order chi connectivity index (χ1) is 52.6. The average Bonchev–Trinajstić information content (AvgIpc) is 0.784. The topological polar surface area (TPSA) is 18.1 Å². The van der Waals surface area contributed by atoms with E-state index in [2.05, 4.69) is 375 Å². The quantitative estimate of drug-likeness (QED) is 0.132. The summed E-state index contributed by atoms with van der Waals surface area (Å²) in [6.45, 7) is 0. The van der Waals surface area contributed by atoms with Crippen LogP contribution >= 0.6 is 0 Å². The predicted octanol–water partition coefficient (Wildman–Crippen LogP) is 29.2. The molecule has 22 aromatic rings. The lowest BCUT2D eigenvalue weighted by molar-refractivity contribution is 0.669. The Hall–Kier alpha value is -13.9. The smallest absolute Gasteiger partial charge is 0.135 e. The number of hydrogen-bond donors (Lipinski definition) is 0. The van der Waals surface area contributed by atoms with Crippen molar-refractivity contribution < 1.29 is 4.42 Å². The largest absolute Gasteiger partial charge is 0.456 e. The molecule has 0 saturated carbocycles. The number of hydrogen-bond acceptors (Lipinski definition) is 1. The summed E-state index contributed by atoms with van der Waals surface area (Å²) in [5, 5.41) is 24.4. The molecule has 0 saturated heterocycles. The van der Waals surface area contributed by atoms with Crippen molar-refractivity contribution in [2.24, 2.45) is 0 Å². The summed E-state index contributed by atoms with van der Waals surface area (Å²) >= 11 is 0. The van der Waals surface area contributed by atoms with Crippen LogP contribution in [0.25, 0.3) is 225 Å². The zero-order valence-corrected chi connectivity index (χ0v) is 57.7. The minimum atomic E-state index is 0.902. The van der Waals surface area contributed by atoms with Crippen LogP contribution < -0.4 is 0 Å². The van der Waals surface area contributed by atoms with Crippen LogP contribution in [0.4, 0.5) is 0 Å². The van der Waals surface area contributed by atoms with Gasteiger partial charge in [0.1, 0.15) is 11.2 Å². The zero-order valence-electron chi connectivity index (χ0n) is 57.7. The molecule has 0 bridgehead atoms. The molecule has 0 N–H and O–H groups in total. The van der Waals surface area contributed by atoms with E-state index in [9.17, 15) is 0 Å². The van der Waals surface area contributed by atoms with Crippen molar-refractivity contribution in [3.05, 3.63) is 382 Å². The van der Waals surface area contributed by atoms with Crippen LogP contribution in [0.3, 0.4) is 0 Å². The first-order valence-electron chi connectivity index (χ1n) is 36.7. The van der Waals surface area contributed by atoms with Crippen LogP contribution in [-0.4, -0.2) is 4.57 Å². The Morgan fingerprint density at radius 1 is 0.160 bits per heavy atom. The Labute approximate surface area is 611 Å². The molecule has 0 aliphatic rings. The molecule has 2 nitrogen and oxygen atoms in total. The van der Waals surface area contributed by atoms with Gasteiger partial charge in [0.15, 0.2) is 0 Å². The van der Waals surface area contributed by atoms with Crippen molar-refractivity contribution in [1.82, 2.24) is 4.57 Å². The van der Waals surface area contributed by atoms with Gasteiger partial charge < -0.3 is 8.98 Å². The zero-order chi connectivity index (χ0) is 69.5. The van der Waals surface area contributed by atoms with E-state index in [1.54, 1.807) is 0 Å². The molecule has 490 valence electrons. The van der Waals surface area contributed by atoms with Crippen molar-refractivity contribution in [1.29, 1.82) is 0 Å². The number of furan rings is 1. The summed E-state index contributed by atoms with van der Waals surface area (Å²) in [7, 11) is 0. The first kappa shape index (κ1) is 59.7. The van der Waals surface area contributed by atoms with Crippen LogP contribution in [0.1, 0.15) is 0 Å². The summed E-state index contributed by atoms with van der Waals surface area (Å²) in [5.74, 6) is 0. The molecule has 0 radical (unpaired) electrons. The van der Waals surface area contributed by atoms with Crippen LogP contribution in [0, 0.1) is 0 Å². The number of rotatable bonds is 9. The van der Waals surface area contributed by atoms with Gasteiger partial charge in [0.25, 0.3) is 0 Å². The van der Waals surface area contributed by atoms with E-state index in [4.69, 9.17) is 4.42 Å². The molecule has 0 unspecified atom stereocenters. The minimum Gasteiger partial charge on any atom is -0.456 e. The molecular formula is C104H63NO. The first-order valence-corrected chi connectivity index (χ1v) is 36.7. The van der Waals surface area contributed by atoms with Crippen molar-refractivity contribution in [3.63, 3.8) is 0 Å². The molecule has 20 aromatic carbocycles. The number of fused-ring (bicyclic) bond motifs is 14. The fourth-order valence-corrected chi connectivity index (χ4v) is 17.9. The van der Waals surface area contributed by atoms with Crippen LogP contribution in [0.2, 0.25) is 0 Å². The fraction of sp³-hybridized carbons (Fsp3) is 0. The maximum atomic E-state index is 6.22. The molecule has 2 heteroatoms. The van der Waals surface area contributed by atoms with E-state index in [-0.39, 0.29) is 0 Å². The van der Waals surface area contributed by atoms with E-state index in [1.165, 1.54) is 158 Å². The fourth-order valence-electron chi connectivity index (χ4n) is 17.9. The third-order valence-corrected chi connectivity index (χ3v) is 22.8. The number of para-hydroxylation sites is 2. The van der Waals surface area contributed by atoms with Gasteiger partial charge in [-0.2, -0.15) is 0 Å². The van der Waals surface area contributed by atoms with Gasteiger partial charge in [0.2, 0.25) is 0 Å². The Morgan fingerprint density at radius 3 is 0.972 bits per heavy atom. The van der Waals surface area contributed by atoms with Gasteiger partial charge in [-0.1, -0.05) is 315 Å². The van der Waals surface area contributed by atoms with Crippen LogP contribution in [0.15, 0.2) is 387 Å². The van der Waals surface area contributed by atoms with E-state index in [1.807, 2.05) is 12.1 Å². The van der Waals surface area contributed by atoms with Gasteiger partial charge in [-0.05, 0) is 242 Å². The molecule has 22 rings (SSSR count). The number of benzene rings is 20. The second-order valence-electron chi connectivity index (χ2n) is 28.5. The molecule has 0 amide bonds. The average molecular weight is 1340 g/mol. The molecule has 0 aliphatic carbocycles. The molecule has 0 atom stereocenters. The van der Waals surface area contributed by atoms with Gasteiger partial charge in [-0.3, -0.25) is 0 Å². The molecule has 0 aliphatic heterocycles. The van der Waals surface area contributed by atoms with Crippen LogP contribution in [-0.2, 0) is 0 Å². The number of nitrogens with zero attached hydrogens (tertiary/aromatic N) is 1. The van der Waals surface area contributed by atoms with Gasteiger partial charge in [0.05, 0.1) is 11.0 Å². The highest BCUT2D eigenvalue weighted by Crippen LogP contribution is 2.51. The lowest BCUT2D eigenvalue weighted by atomic mass is 9.82. The highest BCUT2D eigenvalue weighted by atomic mass is 16.3. The molecule has 0 spiro atoms. The Bertz CT molecular complexity index is 7420. The van der Waals surface area contributed by atoms with E-state index < -0.39 is 0 Å². The van der Waals surface area contributed by atoms with Gasteiger partial charge in [-0.25, -0.2) is 0 Å². The maximum Gasteiger partial charge on any atom is 0.135 e. The molecule has 2 heterocycles. The summed E-state index contributed by atoms with van der Waals surface area (Å²) in [6, 6.07) is 142. The van der Waals surface area contributed by atoms with E-state index in [0.717, 1.165) is 66.5 Å². The molecule has 0 fully saturated rings. The van der Waals surface area contributed by atoms with Gasteiger partial charge in [0, 0.05) is 27.2 Å². The summed E-state index contributed by atoms with van der Waals surface area (Å²) in [5.41, 5.74) is 24.5. The van der Waals surface area contributed by atoms with Crippen molar-refractivity contribution in [2.75, 3.05) is 0 Å². The minimum absolute atomic E-state index is 0.902. The van der Waals surface area contributed by atoms with E-state index in [0.29, 0.717) is 0 Å². The summed E-state index contributed by atoms with van der Waals surface area (Å²) in [4.78, 5) is 0. The van der Waals surface area contributed by atoms with E-state index >= 15 is 0 Å². The molecule has 2 aromatic heterocycles. The Balaban J connectivity index is 0.662. The standard InChI is InChI=1S/C104H63NO/c1-4-26-77-67(19-1)22-15-35-82(77)101-85-31-7-9-33-87(85)103(84-37-17-24-69-21-3-6-28-79(69)84)96-63-74(50-56-91(96)101)75-51-57-98-93(60-75)80-29-11-13-39-97(80)105(98)76-53-47-66(48-54-76)71-46-45-70-25-18-38-89(92(70)59-71)104-88-34-10-8-32-86(88)102(83-36-16-23-68-20-2-5-27-78(68)83)90-55-49-72(62-95(90)104)64-41-43-65(44-42-64)73-52-58-100-94(61-73)81-30-12-14-40-99(81)106-100/h1-63H. The van der Waals surface area contributed by atoms with Crippen LogP contribution in [0.5, 0.6) is 0 Å². The lowest BCUT2D eigenvalue weighted by Crippen LogP contribution is -1.94. The Kier molecular flexibility index (Phi) is 13.4. The monoisotopic (exact) mass is 1340 g/mol. The molecular weight excluding hydrogens is 1280 g/mol. The highest BCUT2D eigenvalue weighted by molar-refractivity contribution is 6.28. The van der Waals surface area contributed by atoms with Crippen molar-refractivity contribution in [3.8, 4) is 94.7 Å². The second kappa shape index (κ2) is 23.8. The van der Waals surface area contributed by atoms with Gasteiger partial charge in [-0.15, -0.1) is 0 Å². The predicted molar refractivity (Wildman–Crippen MR) is 452 cm³/mol. The summed E-state index contributed by atoms with van der Waals surface area (Å²) in [6.07, 6.45) is 0. The third kappa shape index (κ3) is 9.38. The second-order valence-corrected chi connectivity index (χ2v) is 28.5. The SMILES string of the molecule is c1ccc2c(-c3c4ccccc4c(-c4cccc5ccccc45)c4cc(-c5ccc6c(c5)c5ccccc5n6-c5ccc(-c6ccc7cccc(-c8c9ccccc9c(-c9cccc%10ccccc9%10)c9ccc(-c%10ccc(-c%11ccc%12oc%13ccccc%13c%12c%11)cc%10)cc89)c7c6)cc5)ccc34)cccc2c1. The molecule has 106 heavy (non-hydrogen) atoms. The van der Waals surface area contributed by atoms with Crippen molar-refractivity contribution >= 4 is 130 Å². The third-order valence-electron chi connectivity index (χ3n) is 22.8. The normalized spacial score (nSPS) is 12.0. The van der Waals surface area contributed by atoms with Crippen molar-refractivity contribution in [2.45, 2.75) is 0 Å². The highest BCUT2D eigenvalue weighted by Gasteiger charge is 2.24.